The third kappa shape index (κ3) is 3.73. The van der Waals surface area contributed by atoms with Crippen molar-refractivity contribution in [1.29, 1.82) is 0 Å². The van der Waals surface area contributed by atoms with Crippen LogP contribution in [0.1, 0.15) is 85.5 Å². The fourth-order valence-electron chi connectivity index (χ4n) is 6.58. The van der Waals surface area contributed by atoms with E-state index >= 15 is 0 Å². The van der Waals surface area contributed by atoms with Gasteiger partial charge in [0.1, 0.15) is 11.9 Å². The molecule has 0 radical (unpaired) electrons. The van der Waals surface area contributed by atoms with Crippen LogP contribution in [0.3, 0.4) is 0 Å². The molecular formula is C23H38O3. The molecule has 0 spiro atoms. The summed E-state index contributed by atoms with van der Waals surface area (Å²) in [5.41, 5.74) is 0. The maximum atomic E-state index is 11.6. The first-order valence-electron chi connectivity index (χ1n) is 11.3. The molecule has 1 aliphatic heterocycles. The van der Waals surface area contributed by atoms with E-state index < -0.39 is 0 Å². The van der Waals surface area contributed by atoms with Gasteiger partial charge in [0.15, 0.2) is 0 Å². The Kier molecular flexibility index (Phi) is 6.45. The first-order valence-corrected chi connectivity index (χ1v) is 11.3. The van der Waals surface area contributed by atoms with Crippen LogP contribution in [0.25, 0.3) is 0 Å². The lowest BCUT2D eigenvalue weighted by atomic mass is 9.56. The van der Waals surface area contributed by atoms with Crippen LogP contribution < -0.4 is 0 Å². The summed E-state index contributed by atoms with van der Waals surface area (Å²) in [7, 11) is 0. The standard InChI is InChI=1S/C10H14O.C8H10O2.C3H8.C2H6/c11-10-8-2-6-1-7(4-8)5-9(10)3-6;9-8-6-2-4-1-5(6)7(3-4)10-8;1-3-2;1-2/h6-9H,1-5H2;4-7H,1-3H2;3H2,1-2H3;1-2H3. The second-order valence-corrected chi connectivity index (χ2v) is 9.23. The number of ketones is 1. The SMILES string of the molecule is CC.CCC.O=C1C2CC3CC(C2)CC1C3.O=C1OC2CC3CC1C2C3. The number of ether oxygens (including phenoxy) is 1. The second-order valence-electron chi connectivity index (χ2n) is 9.23. The predicted molar refractivity (Wildman–Crippen MR) is 104 cm³/mol. The maximum Gasteiger partial charge on any atom is 0.309 e. The molecule has 1 heterocycles. The largest absolute Gasteiger partial charge is 0.462 e. The number of carbonyl (C=O) groups excluding carboxylic acids is 2. The minimum Gasteiger partial charge on any atom is -0.462 e. The number of carbonyl (C=O) groups is 2. The van der Waals surface area contributed by atoms with Gasteiger partial charge in [-0.3, -0.25) is 9.59 Å². The summed E-state index contributed by atoms with van der Waals surface area (Å²) in [6.45, 7) is 8.25. The topological polar surface area (TPSA) is 43.4 Å². The summed E-state index contributed by atoms with van der Waals surface area (Å²) < 4.78 is 5.20. The number of hydrogen-bond acceptors (Lipinski definition) is 3. The number of hydrogen-bond donors (Lipinski definition) is 0. The van der Waals surface area contributed by atoms with Crippen LogP contribution in [0.5, 0.6) is 0 Å². The van der Waals surface area contributed by atoms with E-state index in [0.29, 0.717) is 35.6 Å². The summed E-state index contributed by atoms with van der Waals surface area (Å²) in [5, 5.41) is 0. The molecule has 4 atom stereocenters. The highest BCUT2D eigenvalue weighted by atomic mass is 16.6. The average Bonchev–Trinajstić information content (AvgIpc) is 3.25. The fourth-order valence-corrected chi connectivity index (χ4v) is 6.58. The summed E-state index contributed by atoms with van der Waals surface area (Å²) in [6.07, 6.45) is 11.5. The Morgan fingerprint density at radius 2 is 1.27 bits per heavy atom. The zero-order valence-electron chi connectivity index (χ0n) is 17.2. The minimum absolute atomic E-state index is 0.0926. The normalized spacial score (nSPS) is 45.1. The lowest BCUT2D eigenvalue weighted by molar-refractivity contribution is -0.143. The summed E-state index contributed by atoms with van der Waals surface area (Å²) >= 11 is 0. The molecule has 7 rings (SSSR count). The van der Waals surface area contributed by atoms with Crippen molar-refractivity contribution in [2.45, 2.75) is 91.6 Å². The highest BCUT2D eigenvalue weighted by Crippen LogP contribution is 2.54. The van der Waals surface area contributed by atoms with Gasteiger partial charge in [-0.15, -0.1) is 0 Å². The van der Waals surface area contributed by atoms with Crippen molar-refractivity contribution in [3.8, 4) is 0 Å². The maximum absolute atomic E-state index is 11.6. The zero-order valence-corrected chi connectivity index (χ0v) is 17.2. The van der Waals surface area contributed by atoms with Crippen LogP contribution in [0.2, 0.25) is 0 Å². The summed E-state index contributed by atoms with van der Waals surface area (Å²) in [6, 6.07) is 0. The highest BCUT2D eigenvalue weighted by molar-refractivity contribution is 5.85. The molecule has 0 N–H and O–H groups in total. The van der Waals surface area contributed by atoms with Crippen molar-refractivity contribution in [2.75, 3.05) is 0 Å². The number of fused-ring (bicyclic) bond motifs is 1. The Hall–Kier alpha value is -0.860. The first kappa shape index (κ1) is 19.9. The fraction of sp³-hybridized carbons (Fsp3) is 0.913. The van der Waals surface area contributed by atoms with Gasteiger partial charge in [-0.05, 0) is 69.1 Å². The summed E-state index contributed by atoms with van der Waals surface area (Å²) in [4.78, 5) is 22.6. The lowest BCUT2D eigenvalue weighted by Gasteiger charge is -2.48. The molecule has 3 heteroatoms. The van der Waals surface area contributed by atoms with Gasteiger partial charge in [0.25, 0.3) is 0 Å². The van der Waals surface area contributed by atoms with Crippen molar-refractivity contribution < 1.29 is 14.3 Å². The molecule has 6 bridgehead atoms. The Balaban J connectivity index is 0.000000122. The van der Waals surface area contributed by atoms with Crippen molar-refractivity contribution in [3.63, 3.8) is 0 Å². The van der Waals surface area contributed by atoms with E-state index in [-0.39, 0.29) is 5.97 Å². The number of esters is 1. The number of rotatable bonds is 0. The van der Waals surface area contributed by atoms with E-state index in [1.165, 1.54) is 44.9 Å². The average molecular weight is 363 g/mol. The molecule has 4 unspecified atom stereocenters. The van der Waals surface area contributed by atoms with Crippen molar-refractivity contribution in [2.24, 2.45) is 41.4 Å². The van der Waals surface area contributed by atoms with Gasteiger partial charge in [-0.25, -0.2) is 0 Å². The van der Waals surface area contributed by atoms with Gasteiger partial charge < -0.3 is 4.74 Å². The summed E-state index contributed by atoms with van der Waals surface area (Å²) in [5.74, 6) is 5.36. The Labute approximate surface area is 159 Å². The molecule has 3 nitrogen and oxygen atoms in total. The molecule has 0 amide bonds. The van der Waals surface area contributed by atoms with Gasteiger partial charge in [0.05, 0.1) is 5.92 Å². The Bertz CT molecular complexity index is 480. The van der Waals surface area contributed by atoms with Gasteiger partial charge in [0, 0.05) is 17.8 Å². The van der Waals surface area contributed by atoms with Crippen LogP contribution >= 0.6 is 0 Å². The monoisotopic (exact) mass is 362 g/mol. The van der Waals surface area contributed by atoms with Crippen LogP contribution in [0.4, 0.5) is 0 Å². The van der Waals surface area contributed by atoms with E-state index in [4.69, 9.17) is 4.74 Å². The van der Waals surface area contributed by atoms with E-state index in [2.05, 4.69) is 13.8 Å². The third-order valence-electron chi connectivity index (χ3n) is 7.27. The van der Waals surface area contributed by atoms with E-state index in [0.717, 1.165) is 30.6 Å². The molecule has 26 heavy (non-hydrogen) atoms. The van der Waals surface area contributed by atoms with Crippen LogP contribution in [0.15, 0.2) is 0 Å². The molecule has 148 valence electrons. The lowest BCUT2D eigenvalue weighted by Crippen LogP contribution is -2.45. The molecule has 0 aromatic carbocycles. The molecule has 1 saturated heterocycles. The van der Waals surface area contributed by atoms with E-state index in [1.807, 2.05) is 13.8 Å². The van der Waals surface area contributed by atoms with Gasteiger partial charge in [-0.2, -0.15) is 0 Å². The second kappa shape index (κ2) is 8.44. The molecule has 7 fully saturated rings. The zero-order chi connectivity index (χ0) is 18.8. The minimum atomic E-state index is 0.0926. The highest BCUT2D eigenvalue weighted by Gasteiger charge is 2.56. The molecule has 0 aromatic heterocycles. The van der Waals surface area contributed by atoms with Crippen molar-refractivity contribution in [3.05, 3.63) is 0 Å². The van der Waals surface area contributed by atoms with Gasteiger partial charge in [-0.1, -0.05) is 34.1 Å². The van der Waals surface area contributed by atoms with Crippen molar-refractivity contribution in [1.82, 2.24) is 0 Å². The van der Waals surface area contributed by atoms with Crippen molar-refractivity contribution >= 4 is 11.8 Å². The van der Waals surface area contributed by atoms with Gasteiger partial charge in [0.2, 0.25) is 0 Å². The molecular weight excluding hydrogens is 324 g/mol. The predicted octanol–water partition coefficient (Wildman–Crippen LogP) is 5.41. The Morgan fingerprint density at radius 1 is 0.769 bits per heavy atom. The van der Waals surface area contributed by atoms with Crippen LogP contribution in [0, 0.1) is 41.4 Å². The van der Waals surface area contributed by atoms with Gasteiger partial charge >= 0.3 is 5.97 Å². The first-order chi connectivity index (χ1) is 12.6. The van der Waals surface area contributed by atoms with Crippen LogP contribution in [-0.2, 0) is 14.3 Å². The number of Topliss-reactive ketones (excluding diaryl/α,β-unsaturated/α-hetero) is 1. The quantitative estimate of drug-likeness (QED) is 0.541. The smallest absolute Gasteiger partial charge is 0.309 e. The Morgan fingerprint density at radius 3 is 1.69 bits per heavy atom. The molecule has 7 aliphatic rings. The molecule has 0 aromatic rings. The van der Waals surface area contributed by atoms with E-state index in [9.17, 15) is 9.59 Å². The van der Waals surface area contributed by atoms with E-state index in [1.54, 1.807) is 0 Å². The van der Waals surface area contributed by atoms with Crippen LogP contribution in [-0.4, -0.2) is 17.9 Å². The molecule has 6 saturated carbocycles. The third-order valence-corrected chi connectivity index (χ3v) is 7.27. The molecule has 6 aliphatic carbocycles.